The lowest BCUT2D eigenvalue weighted by Gasteiger charge is -2.12. The summed E-state index contributed by atoms with van der Waals surface area (Å²) in [6.07, 6.45) is 2.20. The molecule has 154 valence electrons. The van der Waals surface area contributed by atoms with Gasteiger partial charge in [-0.15, -0.1) is 0 Å². The maximum absolute atomic E-state index is 12.6. The van der Waals surface area contributed by atoms with Crippen LogP contribution in [0.25, 0.3) is 0 Å². The molecular formula is C22H19ClN2O5. The first-order valence-electron chi connectivity index (χ1n) is 9.41. The number of hydrogen-bond acceptors (Lipinski definition) is 5. The average molecular weight is 427 g/mol. The van der Waals surface area contributed by atoms with Gasteiger partial charge in [-0.3, -0.25) is 9.59 Å². The molecule has 0 bridgehead atoms. The Morgan fingerprint density at radius 2 is 1.80 bits per heavy atom. The predicted octanol–water partition coefficient (Wildman–Crippen LogP) is 4.28. The van der Waals surface area contributed by atoms with Crippen LogP contribution in [-0.2, 0) is 6.54 Å². The lowest BCUT2D eigenvalue weighted by Crippen LogP contribution is -2.23. The maximum Gasteiger partial charge on any atom is 0.291 e. The standard InChI is InChI=1S/C22H19ClN2O5/c23-17-11-15(12-19-20(17)30-10-2-9-29-19)21(26)24-13-14-4-6-16(7-5-14)25-22(27)18-3-1-8-28-18/h1,3-8,11-12H,2,9-10,13H2,(H,24,26)(H,25,27). The second-order valence-electron chi connectivity index (χ2n) is 6.65. The highest BCUT2D eigenvalue weighted by Crippen LogP contribution is 2.38. The lowest BCUT2D eigenvalue weighted by atomic mass is 10.1. The summed E-state index contributed by atoms with van der Waals surface area (Å²) in [6.45, 7) is 1.35. The van der Waals surface area contributed by atoms with E-state index in [2.05, 4.69) is 10.6 Å². The van der Waals surface area contributed by atoms with Gasteiger partial charge in [0.15, 0.2) is 17.3 Å². The van der Waals surface area contributed by atoms with Crippen LogP contribution in [0.4, 0.5) is 5.69 Å². The summed E-state index contributed by atoms with van der Waals surface area (Å²) in [5.74, 6) is 0.579. The molecule has 0 saturated heterocycles. The molecule has 7 nitrogen and oxygen atoms in total. The normalized spacial score (nSPS) is 12.7. The van der Waals surface area contributed by atoms with Crippen molar-refractivity contribution in [2.45, 2.75) is 13.0 Å². The Hall–Kier alpha value is -3.45. The van der Waals surface area contributed by atoms with Crippen LogP contribution in [0.2, 0.25) is 5.02 Å². The first-order valence-corrected chi connectivity index (χ1v) is 9.79. The number of carbonyl (C=O) groups excluding carboxylic acids is 2. The number of ether oxygens (including phenoxy) is 2. The molecule has 1 aliphatic heterocycles. The van der Waals surface area contributed by atoms with E-state index in [9.17, 15) is 9.59 Å². The fourth-order valence-corrected chi connectivity index (χ4v) is 3.22. The molecule has 30 heavy (non-hydrogen) atoms. The minimum atomic E-state index is -0.327. The van der Waals surface area contributed by atoms with E-state index in [1.165, 1.54) is 6.26 Å². The van der Waals surface area contributed by atoms with Gasteiger partial charge in [-0.1, -0.05) is 23.7 Å². The molecule has 2 amide bonds. The zero-order valence-electron chi connectivity index (χ0n) is 15.9. The zero-order chi connectivity index (χ0) is 20.9. The molecule has 8 heteroatoms. The summed E-state index contributed by atoms with van der Waals surface area (Å²) in [5, 5.41) is 5.94. The molecule has 0 unspecified atom stereocenters. The number of carbonyl (C=O) groups is 2. The zero-order valence-corrected chi connectivity index (χ0v) is 16.7. The number of anilines is 1. The van der Waals surface area contributed by atoms with Crippen LogP contribution in [0.1, 0.15) is 32.9 Å². The topological polar surface area (TPSA) is 89.8 Å². The molecule has 0 radical (unpaired) electrons. The summed E-state index contributed by atoms with van der Waals surface area (Å²) in [6, 6.07) is 13.6. The van der Waals surface area contributed by atoms with Crippen LogP contribution in [0.15, 0.2) is 59.2 Å². The van der Waals surface area contributed by atoms with E-state index < -0.39 is 0 Å². The number of fused-ring (bicyclic) bond motifs is 1. The van der Waals surface area contributed by atoms with E-state index >= 15 is 0 Å². The van der Waals surface area contributed by atoms with E-state index in [0.717, 1.165) is 12.0 Å². The molecule has 0 aliphatic carbocycles. The third-order valence-electron chi connectivity index (χ3n) is 4.47. The smallest absolute Gasteiger partial charge is 0.291 e. The Bertz CT molecular complexity index is 1050. The summed E-state index contributed by atoms with van der Waals surface area (Å²) >= 11 is 6.25. The maximum atomic E-state index is 12.6. The molecule has 2 aromatic carbocycles. The van der Waals surface area contributed by atoms with Gasteiger partial charge < -0.3 is 24.5 Å². The summed E-state index contributed by atoms with van der Waals surface area (Å²) in [7, 11) is 0. The minimum absolute atomic E-state index is 0.236. The number of benzene rings is 2. The van der Waals surface area contributed by atoms with Gasteiger partial charge in [0.05, 0.1) is 24.5 Å². The first-order chi connectivity index (χ1) is 14.6. The van der Waals surface area contributed by atoms with Crippen molar-refractivity contribution in [3.8, 4) is 11.5 Å². The molecule has 3 aromatic rings. The molecule has 2 heterocycles. The van der Waals surface area contributed by atoms with E-state index in [4.69, 9.17) is 25.5 Å². The highest BCUT2D eigenvalue weighted by molar-refractivity contribution is 6.32. The second-order valence-corrected chi connectivity index (χ2v) is 7.05. The molecule has 1 aromatic heterocycles. The number of furan rings is 1. The molecule has 0 saturated carbocycles. The van der Waals surface area contributed by atoms with Crippen LogP contribution in [0.3, 0.4) is 0 Å². The van der Waals surface area contributed by atoms with Crippen LogP contribution >= 0.6 is 11.6 Å². The SMILES string of the molecule is O=C(NCc1ccc(NC(=O)c2ccco2)cc1)c1cc(Cl)c2c(c1)OCCCO2. The Labute approximate surface area is 177 Å². The van der Waals surface area contributed by atoms with Crippen molar-refractivity contribution < 1.29 is 23.5 Å². The molecule has 1 aliphatic rings. The van der Waals surface area contributed by atoms with Crippen molar-refractivity contribution in [1.82, 2.24) is 5.32 Å². The van der Waals surface area contributed by atoms with Gasteiger partial charge in [-0.2, -0.15) is 0 Å². The van der Waals surface area contributed by atoms with E-state index in [1.807, 2.05) is 12.1 Å². The molecule has 4 rings (SSSR count). The molecular weight excluding hydrogens is 408 g/mol. The van der Waals surface area contributed by atoms with Gasteiger partial charge in [0.2, 0.25) is 0 Å². The Morgan fingerprint density at radius 3 is 2.57 bits per heavy atom. The van der Waals surface area contributed by atoms with Crippen molar-refractivity contribution in [1.29, 1.82) is 0 Å². The number of rotatable bonds is 5. The van der Waals surface area contributed by atoms with Crippen LogP contribution in [0, 0.1) is 0 Å². The Kier molecular flexibility index (Phi) is 5.90. The third-order valence-corrected chi connectivity index (χ3v) is 4.75. The average Bonchev–Trinajstić information content (AvgIpc) is 3.19. The van der Waals surface area contributed by atoms with Crippen molar-refractivity contribution in [3.05, 3.63) is 76.7 Å². The van der Waals surface area contributed by atoms with Crippen molar-refractivity contribution >= 4 is 29.1 Å². The highest BCUT2D eigenvalue weighted by atomic mass is 35.5. The number of halogens is 1. The fourth-order valence-electron chi connectivity index (χ4n) is 2.95. The Balaban J connectivity index is 1.36. The van der Waals surface area contributed by atoms with Crippen LogP contribution < -0.4 is 20.1 Å². The fraction of sp³-hybridized carbons (Fsp3) is 0.182. The van der Waals surface area contributed by atoms with E-state index in [-0.39, 0.29) is 17.6 Å². The Morgan fingerprint density at radius 1 is 1.00 bits per heavy atom. The van der Waals surface area contributed by atoms with E-state index in [1.54, 1.807) is 36.4 Å². The van der Waals surface area contributed by atoms with Crippen LogP contribution in [-0.4, -0.2) is 25.0 Å². The monoisotopic (exact) mass is 426 g/mol. The molecule has 0 fully saturated rings. The van der Waals surface area contributed by atoms with Gasteiger partial charge in [0.25, 0.3) is 11.8 Å². The predicted molar refractivity (Wildman–Crippen MR) is 111 cm³/mol. The van der Waals surface area contributed by atoms with Gasteiger partial charge in [-0.05, 0) is 42.0 Å². The van der Waals surface area contributed by atoms with Gasteiger partial charge >= 0.3 is 0 Å². The molecule has 0 spiro atoms. The largest absolute Gasteiger partial charge is 0.489 e. The third kappa shape index (κ3) is 4.58. The summed E-state index contributed by atoms with van der Waals surface area (Å²) in [4.78, 5) is 24.5. The highest BCUT2D eigenvalue weighted by Gasteiger charge is 2.18. The van der Waals surface area contributed by atoms with Crippen LogP contribution in [0.5, 0.6) is 11.5 Å². The van der Waals surface area contributed by atoms with Crippen molar-refractivity contribution in [3.63, 3.8) is 0 Å². The van der Waals surface area contributed by atoms with E-state index in [0.29, 0.717) is 47.5 Å². The molecule has 2 N–H and O–H groups in total. The van der Waals surface area contributed by atoms with Gasteiger partial charge in [-0.25, -0.2) is 0 Å². The quantitative estimate of drug-likeness (QED) is 0.635. The number of hydrogen-bond donors (Lipinski definition) is 2. The van der Waals surface area contributed by atoms with Gasteiger partial charge in [0, 0.05) is 24.2 Å². The van der Waals surface area contributed by atoms with Gasteiger partial charge in [0.1, 0.15) is 0 Å². The summed E-state index contributed by atoms with van der Waals surface area (Å²) in [5.41, 5.74) is 1.90. The molecule has 0 atom stereocenters. The number of amides is 2. The van der Waals surface area contributed by atoms with Crippen molar-refractivity contribution in [2.75, 3.05) is 18.5 Å². The second kappa shape index (κ2) is 8.92. The minimum Gasteiger partial charge on any atom is -0.489 e. The summed E-state index contributed by atoms with van der Waals surface area (Å²) < 4.78 is 16.3. The lowest BCUT2D eigenvalue weighted by molar-refractivity contribution is 0.0949. The van der Waals surface area contributed by atoms with Crippen molar-refractivity contribution in [2.24, 2.45) is 0 Å². The first kappa shape index (κ1) is 19.8. The number of nitrogens with one attached hydrogen (secondary N) is 2.